The monoisotopic (exact) mass is 301 g/mol. The molecule has 0 aromatic heterocycles. The Morgan fingerprint density at radius 2 is 2.16 bits per heavy atom. The minimum Gasteiger partial charge on any atom is -0.294 e. The lowest BCUT2D eigenvalue weighted by atomic mass is 9.91. The third-order valence-corrected chi connectivity index (χ3v) is 4.84. The predicted octanol–water partition coefficient (Wildman–Crippen LogP) is 2.19. The van der Waals surface area contributed by atoms with Crippen LogP contribution in [0.4, 0.5) is 0 Å². The third-order valence-electron chi connectivity index (χ3n) is 3.33. The van der Waals surface area contributed by atoms with Crippen LogP contribution in [0.25, 0.3) is 0 Å². The molecule has 2 rings (SSSR count). The summed E-state index contributed by atoms with van der Waals surface area (Å²) in [5, 5.41) is 0.515. The van der Waals surface area contributed by atoms with Crippen LogP contribution in [0.2, 0.25) is 5.02 Å². The molecule has 0 radical (unpaired) electrons. The number of ketones is 1. The molecule has 1 aromatic carbocycles. The Morgan fingerprint density at radius 1 is 1.42 bits per heavy atom. The summed E-state index contributed by atoms with van der Waals surface area (Å²) in [7, 11) is -3.23. The van der Waals surface area contributed by atoms with Crippen LogP contribution in [-0.2, 0) is 10.0 Å². The maximum Gasteiger partial charge on any atom is 0.211 e. The largest absolute Gasteiger partial charge is 0.294 e. The van der Waals surface area contributed by atoms with Gasteiger partial charge in [-0.1, -0.05) is 23.7 Å². The number of hydrogen-bond acceptors (Lipinski definition) is 3. The van der Waals surface area contributed by atoms with Gasteiger partial charge in [-0.25, -0.2) is 12.7 Å². The molecule has 1 fully saturated rings. The minimum atomic E-state index is -3.23. The average molecular weight is 302 g/mol. The van der Waals surface area contributed by atoms with E-state index in [1.165, 1.54) is 10.6 Å². The molecule has 0 saturated carbocycles. The molecule has 1 atom stereocenters. The second kappa shape index (κ2) is 5.61. The molecule has 0 amide bonds. The van der Waals surface area contributed by atoms with Crippen LogP contribution < -0.4 is 0 Å². The van der Waals surface area contributed by atoms with Crippen molar-refractivity contribution in [1.29, 1.82) is 0 Å². The molecular formula is C13H16ClNO3S. The molecule has 1 aliphatic heterocycles. The number of hydrogen-bond donors (Lipinski definition) is 0. The Bertz CT molecular complexity index is 585. The van der Waals surface area contributed by atoms with Crippen molar-refractivity contribution in [3.63, 3.8) is 0 Å². The number of halogens is 1. The van der Waals surface area contributed by atoms with E-state index in [1.54, 1.807) is 24.3 Å². The van der Waals surface area contributed by atoms with Crippen LogP contribution in [0.5, 0.6) is 0 Å². The second-order valence-corrected chi connectivity index (χ2v) is 7.25. The first kappa shape index (κ1) is 14.5. The standard InChI is InChI=1S/C13H16ClNO3S/c1-19(17,18)15-7-3-5-11(9-15)13(16)10-4-2-6-12(14)8-10/h2,4,6,8,11H,3,5,7,9H2,1H3/t11-/m1/s1. The van der Waals surface area contributed by atoms with E-state index in [0.717, 1.165) is 6.42 Å². The Kier molecular flexibility index (Phi) is 4.28. The van der Waals surface area contributed by atoms with Crippen molar-refractivity contribution in [2.24, 2.45) is 5.92 Å². The summed E-state index contributed by atoms with van der Waals surface area (Å²) in [6.07, 6.45) is 2.61. The number of benzene rings is 1. The van der Waals surface area contributed by atoms with Gasteiger partial charge in [-0.2, -0.15) is 0 Å². The van der Waals surface area contributed by atoms with Gasteiger partial charge in [0, 0.05) is 29.6 Å². The number of nitrogens with zero attached hydrogens (tertiary/aromatic N) is 1. The van der Waals surface area contributed by atoms with E-state index in [1.807, 2.05) is 0 Å². The van der Waals surface area contributed by atoms with Crippen molar-refractivity contribution >= 4 is 27.4 Å². The fourth-order valence-corrected chi connectivity index (χ4v) is 3.44. The van der Waals surface area contributed by atoms with Crippen LogP contribution in [0.15, 0.2) is 24.3 Å². The average Bonchev–Trinajstić information content (AvgIpc) is 2.37. The zero-order valence-corrected chi connectivity index (χ0v) is 12.2. The molecule has 4 nitrogen and oxygen atoms in total. The molecule has 0 N–H and O–H groups in total. The topological polar surface area (TPSA) is 54.5 Å². The molecule has 0 bridgehead atoms. The number of carbonyl (C=O) groups is 1. The van der Waals surface area contributed by atoms with Gasteiger partial charge in [0.1, 0.15) is 0 Å². The van der Waals surface area contributed by atoms with Crippen molar-refractivity contribution in [3.8, 4) is 0 Å². The van der Waals surface area contributed by atoms with Crippen molar-refractivity contribution in [1.82, 2.24) is 4.31 Å². The normalized spacial score (nSPS) is 21.3. The van der Waals surface area contributed by atoms with Crippen molar-refractivity contribution in [2.75, 3.05) is 19.3 Å². The predicted molar refractivity (Wildman–Crippen MR) is 74.9 cm³/mol. The molecule has 1 heterocycles. The molecule has 19 heavy (non-hydrogen) atoms. The van der Waals surface area contributed by atoms with E-state index in [9.17, 15) is 13.2 Å². The molecule has 0 unspecified atom stereocenters. The van der Waals surface area contributed by atoms with Crippen molar-refractivity contribution in [2.45, 2.75) is 12.8 Å². The van der Waals surface area contributed by atoms with Gasteiger partial charge in [0.2, 0.25) is 10.0 Å². The summed E-state index contributed by atoms with van der Waals surface area (Å²) >= 11 is 5.87. The van der Waals surface area contributed by atoms with Gasteiger partial charge in [0.25, 0.3) is 0 Å². The molecule has 104 valence electrons. The molecule has 0 aliphatic carbocycles. The van der Waals surface area contributed by atoms with Gasteiger partial charge < -0.3 is 0 Å². The maximum atomic E-state index is 12.3. The zero-order valence-electron chi connectivity index (χ0n) is 10.7. The SMILES string of the molecule is CS(=O)(=O)N1CCC[C@@H](C(=O)c2cccc(Cl)c2)C1. The fourth-order valence-electron chi connectivity index (χ4n) is 2.34. The van der Waals surface area contributed by atoms with Gasteiger partial charge >= 0.3 is 0 Å². The van der Waals surface area contributed by atoms with Crippen molar-refractivity contribution in [3.05, 3.63) is 34.9 Å². The first-order chi connectivity index (χ1) is 8.88. The molecule has 0 spiro atoms. The number of Topliss-reactive ketones (excluding diaryl/α,β-unsaturated/α-hetero) is 1. The Hall–Kier alpha value is -0.910. The van der Waals surface area contributed by atoms with E-state index in [0.29, 0.717) is 23.6 Å². The Labute approximate surface area is 118 Å². The van der Waals surface area contributed by atoms with Crippen LogP contribution in [-0.4, -0.2) is 37.9 Å². The van der Waals surface area contributed by atoms with Crippen LogP contribution in [0.1, 0.15) is 23.2 Å². The lowest BCUT2D eigenvalue weighted by Crippen LogP contribution is -2.41. The highest BCUT2D eigenvalue weighted by atomic mass is 35.5. The highest BCUT2D eigenvalue weighted by Gasteiger charge is 2.30. The lowest BCUT2D eigenvalue weighted by Gasteiger charge is -2.30. The number of sulfonamides is 1. The number of piperidine rings is 1. The highest BCUT2D eigenvalue weighted by molar-refractivity contribution is 7.88. The highest BCUT2D eigenvalue weighted by Crippen LogP contribution is 2.23. The van der Waals surface area contributed by atoms with Crippen LogP contribution >= 0.6 is 11.6 Å². The molecule has 1 aromatic rings. The zero-order chi connectivity index (χ0) is 14.0. The summed E-state index contributed by atoms with van der Waals surface area (Å²) < 4.78 is 24.5. The number of carbonyl (C=O) groups excluding carboxylic acids is 1. The fraction of sp³-hybridized carbons (Fsp3) is 0.462. The van der Waals surface area contributed by atoms with E-state index in [2.05, 4.69) is 0 Å². The Morgan fingerprint density at radius 3 is 2.79 bits per heavy atom. The third kappa shape index (κ3) is 3.55. The summed E-state index contributed by atoms with van der Waals surface area (Å²) in [5.41, 5.74) is 0.549. The van der Waals surface area contributed by atoms with Crippen LogP contribution in [0.3, 0.4) is 0 Å². The smallest absolute Gasteiger partial charge is 0.211 e. The van der Waals surface area contributed by atoms with Gasteiger partial charge in [0.15, 0.2) is 5.78 Å². The Balaban J connectivity index is 2.16. The summed E-state index contributed by atoms with van der Waals surface area (Å²) in [6.45, 7) is 0.766. The summed E-state index contributed by atoms with van der Waals surface area (Å²) in [5.74, 6) is -0.308. The van der Waals surface area contributed by atoms with Crippen LogP contribution in [0, 0.1) is 5.92 Å². The van der Waals surface area contributed by atoms with E-state index in [-0.39, 0.29) is 18.2 Å². The lowest BCUT2D eigenvalue weighted by molar-refractivity contribution is 0.0873. The van der Waals surface area contributed by atoms with E-state index < -0.39 is 10.0 Å². The van der Waals surface area contributed by atoms with E-state index in [4.69, 9.17) is 11.6 Å². The van der Waals surface area contributed by atoms with Gasteiger partial charge in [0.05, 0.1) is 6.26 Å². The van der Waals surface area contributed by atoms with Gasteiger partial charge in [-0.15, -0.1) is 0 Å². The first-order valence-corrected chi connectivity index (χ1v) is 8.35. The molecular weight excluding hydrogens is 286 g/mol. The van der Waals surface area contributed by atoms with E-state index >= 15 is 0 Å². The minimum absolute atomic E-state index is 0.0316. The van der Waals surface area contributed by atoms with Crippen molar-refractivity contribution < 1.29 is 13.2 Å². The summed E-state index contributed by atoms with van der Waals surface area (Å²) in [4.78, 5) is 12.3. The molecule has 1 saturated heterocycles. The molecule has 1 aliphatic rings. The van der Waals surface area contributed by atoms with Gasteiger partial charge in [-0.3, -0.25) is 4.79 Å². The maximum absolute atomic E-state index is 12.3. The van der Waals surface area contributed by atoms with Gasteiger partial charge in [-0.05, 0) is 25.0 Å². The molecule has 6 heteroatoms. The quantitative estimate of drug-likeness (QED) is 0.804. The first-order valence-electron chi connectivity index (χ1n) is 6.13. The number of rotatable bonds is 3. The second-order valence-electron chi connectivity index (χ2n) is 4.83. The summed E-state index contributed by atoms with van der Waals surface area (Å²) in [6, 6.07) is 6.78.